The summed E-state index contributed by atoms with van der Waals surface area (Å²) >= 11 is 5.64. The van der Waals surface area contributed by atoms with E-state index in [1.165, 1.54) is 18.2 Å². The molecule has 0 saturated carbocycles. The molecular weight excluding hydrogens is 297 g/mol. The molecule has 2 N–H and O–H groups in total. The van der Waals surface area contributed by atoms with Crippen molar-refractivity contribution in [3.8, 4) is 11.5 Å². The normalized spacial score (nSPS) is 10.3. The Bertz CT molecular complexity index is 609. The molecule has 2 rings (SSSR count). The van der Waals surface area contributed by atoms with E-state index in [0.29, 0.717) is 11.2 Å². The maximum absolute atomic E-state index is 13.5. The van der Waals surface area contributed by atoms with Crippen molar-refractivity contribution in [1.29, 1.82) is 0 Å². The highest BCUT2D eigenvalue weighted by molar-refractivity contribution is 6.58. The summed E-state index contributed by atoms with van der Waals surface area (Å²) < 4.78 is 24.2. The van der Waals surface area contributed by atoms with Gasteiger partial charge in [0.2, 0.25) is 0 Å². The first kappa shape index (κ1) is 15.6. The predicted molar refractivity (Wildman–Crippen MR) is 78.7 cm³/mol. The maximum Gasteiger partial charge on any atom is 0.488 e. The van der Waals surface area contributed by atoms with Gasteiger partial charge in [0.1, 0.15) is 19.0 Å². The third-order valence-corrected chi connectivity index (χ3v) is 2.97. The Morgan fingerprint density at radius 2 is 1.76 bits per heavy atom. The minimum absolute atomic E-state index is 0.00180. The zero-order valence-electron chi connectivity index (χ0n) is 11.0. The summed E-state index contributed by atoms with van der Waals surface area (Å²) in [6, 6.07) is 10.9. The van der Waals surface area contributed by atoms with Gasteiger partial charge in [-0.15, -0.1) is 0 Å². The number of ether oxygens (including phenoxy) is 2. The fourth-order valence-electron chi connectivity index (χ4n) is 1.67. The van der Waals surface area contributed by atoms with Crippen LogP contribution in [0.25, 0.3) is 0 Å². The first-order chi connectivity index (χ1) is 10.1. The molecule has 110 valence electrons. The number of benzene rings is 2. The van der Waals surface area contributed by atoms with E-state index in [0.717, 1.165) is 0 Å². The molecule has 0 spiro atoms. The van der Waals surface area contributed by atoms with Crippen LogP contribution in [0.15, 0.2) is 42.5 Å². The van der Waals surface area contributed by atoms with Crippen molar-refractivity contribution >= 4 is 24.2 Å². The van der Waals surface area contributed by atoms with E-state index in [9.17, 15) is 4.39 Å². The molecule has 4 nitrogen and oxygen atoms in total. The molecular formula is C14H13BClFO4. The van der Waals surface area contributed by atoms with Crippen LogP contribution in [0.5, 0.6) is 11.5 Å². The molecule has 0 amide bonds. The van der Waals surface area contributed by atoms with Crippen molar-refractivity contribution in [1.82, 2.24) is 0 Å². The van der Waals surface area contributed by atoms with Gasteiger partial charge < -0.3 is 19.5 Å². The second-order valence-corrected chi connectivity index (χ2v) is 4.60. The average Bonchev–Trinajstić information content (AvgIpc) is 2.48. The number of halogens is 2. The van der Waals surface area contributed by atoms with Crippen molar-refractivity contribution in [2.24, 2.45) is 0 Å². The second kappa shape index (κ2) is 7.31. The third kappa shape index (κ3) is 4.36. The Hall–Kier alpha value is -1.76. The van der Waals surface area contributed by atoms with Crippen molar-refractivity contribution in [3.63, 3.8) is 0 Å². The van der Waals surface area contributed by atoms with Crippen molar-refractivity contribution < 1.29 is 23.9 Å². The van der Waals surface area contributed by atoms with Crippen LogP contribution in [-0.4, -0.2) is 30.4 Å². The third-order valence-electron chi connectivity index (χ3n) is 2.68. The highest BCUT2D eigenvalue weighted by atomic mass is 35.5. The van der Waals surface area contributed by atoms with Gasteiger partial charge in [0.05, 0.1) is 5.02 Å². The van der Waals surface area contributed by atoms with Gasteiger partial charge in [-0.2, -0.15) is 0 Å². The largest absolute Gasteiger partial charge is 0.490 e. The van der Waals surface area contributed by atoms with Gasteiger partial charge in [-0.05, 0) is 29.7 Å². The molecule has 2 aromatic rings. The fourth-order valence-corrected chi connectivity index (χ4v) is 1.84. The van der Waals surface area contributed by atoms with Gasteiger partial charge >= 0.3 is 7.12 Å². The lowest BCUT2D eigenvalue weighted by molar-refractivity contribution is 0.211. The van der Waals surface area contributed by atoms with Gasteiger partial charge in [0, 0.05) is 0 Å². The molecule has 0 unspecified atom stereocenters. The molecule has 0 aromatic heterocycles. The molecule has 0 heterocycles. The number of hydrogen-bond acceptors (Lipinski definition) is 4. The van der Waals surface area contributed by atoms with E-state index in [2.05, 4.69) is 0 Å². The lowest BCUT2D eigenvalue weighted by atomic mass is 9.80. The maximum atomic E-state index is 13.5. The Kier molecular flexibility index (Phi) is 5.44. The molecule has 0 aliphatic rings. The van der Waals surface area contributed by atoms with Crippen LogP contribution >= 0.6 is 11.6 Å². The smallest absolute Gasteiger partial charge is 0.488 e. The monoisotopic (exact) mass is 310 g/mol. The van der Waals surface area contributed by atoms with Crippen LogP contribution in [0, 0.1) is 5.82 Å². The molecule has 0 radical (unpaired) electrons. The summed E-state index contributed by atoms with van der Waals surface area (Å²) in [5.41, 5.74) is 0.328. The van der Waals surface area contributed by atoms with Gasteiger partial charge in [0.25, 0.3) is 0 Å². The lowest BCUT2D eigenvalue weighted by Crippen LogP contribution is -2.29. The summed E-state index contributed by atoms with van der Waals surface area (Å²) in [6.07, 6.45) is 0. The standard InChI is InChI=1S/C14H13BClFO4/c16-12-5-2-6-13(14(12)17)21-8-7-20-11-4-1-3-10(9-11)15(18)19/h1-6,9,18-19H,7-8H2. The van der Waals surface area contributed by atoms with Crippen molar-refractivity contribution in [2.45, 2.75) is 0 Å². The van der Waals surface area contributed by atoms with Crippen LogP contribution in [-0.2, 0) is 0 Å². The minimum atomic E-state index is -1.55. The molecule has 21 heavy (non-hydrogen) atoms. The molecule has 0 fully saturated rings. The Labute approximate surface area is 126 Å². The molecule has 0 saturated heterocycles. The summed E-state index contributed by atoms with van der Waals surface area (Å²) in [5, 5.41) is 18.1. The molecule has 0 atom stereocenters. The Morgan fingerprint density at radius 1 is 1.05 bits per heavy atom. The van der Waals surface area contributed by atoms with Crippen LogP contribution in [0.1, 0.15) is 0 Å². The van der Waals surface area contributed by atoms with E-state index >= 15 is 0 Å². The summed E-state index contributed by atoms with van der Waals surface area (Å²) in [4.78, 5) is 0. The van der Waals surface area contributed by atoms with Crippen molar-refractivity contribution in [3.05, 3.63) is 53.3 Å². The average molecular weight is 311 g/mol. The summed E-state index contributed by atoms with van der Waals surface area (Å²) in [5.74, 6) is -0.0778. The first-order valence-corrected chi connectivity index (χ1v) is 6.61. The molecule has 0 aliphatic heterocycles. The van der Waals surface area contributed by atoms with Crippen LogP contribution in [0.3, 0.4) is 0 Å². The zero-order chi connectivity index (χ0) is 15.2. The van der Waals surface area contributed by atoms with Gasteiger partial charge in [0.15, 0.2) is 11.6 Å². The number of rotatable bonds is 6. The molecule has 0 aliphatic carbocycles. The summed E-state index contributed by atoms with van der Waals surface area (Å²) in [7, 11) is -1.55. The zero-order valence-corrected chi connectivity index (χ0v) is 11.8. The molecule has 2 aromatic carbocycles. The Morgan fingerprint density at radius 3 is 2.52 bits per heavy atom. The van der Waals surface area contributed by atoms with E-state index < -0.39 is 12.9 Å². The quantitative estimate of drug-likeness (QED) is 0.629. The van der Waals surface area contributed by atoms with Crippen LogP contribution in [0.4, 0.5) is 4.39 Å². The van der Waals surface area contributed by atoms with E-state index in [1.54, 1.807) is 24.3 Å². The molecule has 7 heteroatoms. The van der Waals surface area contributed by atoms with Crippen LogP contribution in [0.2, 0.25) is 5.02 Å². The predicted octanol–water partition coefficient (Wildman–Crippen LogP) is 1.62. The Balaban J connectivity index is 1.85. The SMILES string of the molecule is OB(O)c1cccc(OCCOc2cccc(Cl)c2F)c1. The molecule has 0 bridgehead atoms. The topological polar surface area (TPSA) is 58.9 Å². The van der Waals surface area contributed by atoms with Gasteiger partial charge in [-0.3, -0.25) is 0 Å². The highest BCUT2D eigenvalue weighted by Crippen LogP contribution is 2.23. The van der Waals surface area contributed by atoms with Crippen LogP contribution < -0.4 is 14.9 Å². The minimum Gasteiger partial charge on any atom is -0.490 e. The first-order valence-electron chi connectivity index (χ1n) is 6.23. The second-order valence-electron chi connectivity index (χ2n) is 4.20. The highest BCUT2D eigenvalue weighted by Gasteiger charge is 2.11. The summed E-state index contributed by atoms with van der Waals surface area (Å²) in [6.45, 7) is 0.306. The van der Waals surface area contributed by atoms with Crippen molar-refractivity contribution in [2.75, 3.05) is 13.2 Å². The van der Waals surface area contributed by atoms with E-state index in [1.807, 2.05) is 0 Å². The number of hydrogen-bond donors (Lipinski definition) is 2. The van der Waals surface area contributed by atoms with Gasteiger partial charge in [-0.1, -0.05) is 29.8 Å². The van der Waals surface area contributed by atoms with Gasteiger partial charge in [-0.25, -0.2) is 4.39 Å². The fraction of sp³-hybridized carbons (Fsp3) is 0.143. The lowest BCUT2D eigenvalue weighted by Gasteiger charge is -2.10. The van der Waals surface area contributed by atoms with E-state index in [-0.39, 0.29) is 24.0 Å². The van der Waals surface area contributed by atoms with E-state index in [4.69, 9.17) is 31.1 Å².